The van der Waals surface area contributed by atoms with Crippen LogP contribution in [0.3, 0.4) is 0 Å². The van der Waals surface area contributed by atoms with E-state index in [-0.39, 0.29) is 0 Å². The summed E-state index contributed by atoms with van der Waals surface area (Å²) in [6, 6.07) is 0.784. The van der Waals surface area contributed by atoms with Crippen molar-refractivity contribution in [3.05, 3.63) is 0 Å². The van der Waals surface area contributed by atoms with Gasteiger partial charge in [0.25, 0.3) is 0 Å². The lowest BCUT2D eigenvalue weighted by atomic mass is 10.1. The van der Waals surface area contributed by atoms with Gasteiger partial charge < -0.3 is 5.32 Å². The van der Waals surface area contributed by atoms with Gasteiger partial charge in [0.2, 0.25) is 0 Å². The summed E-state index contributed by atoms with van der Waals surface area (Å²) in [5, 5.41) is 3.47. The fourth-order valence-electron chi connectivity index (χ4n) is 2.14. The summed E-state index contributed by atoms with van der Waals surface area (Å²) in [4.78, 5) is 2.65. The molecule has 1 unspecified atom stereocenters. The molecule has 0 aromatic rings. The van der Waals surface area contributed by atoms with Gasteiger partial charge in [-0.1, -0.05) is 26.2 Å². The molecule has 1 fully saturated rings. The fraction of sp³-hybridized carbons (Fsp3) is 1.00. The third-order valence-corrected chi connectivity index (χ3v) is 3.24. The highest BCUT2D eigenvalue weighted by atomic mass is 15.2. The molecule has 0 aromatic heterocycles. The standard InChI is InChI=1S/C12H26N2/c1-3-4-5-6-10-14-11-9-13-8-7-12(14)2/h12-13H,3-11H2,1-2H3. The smallest absolute Gasteiger partial charge is 0.0110 e. The summed E-state index contributed by atoms with van der Waals surface area (Å²) < 4.78 is 0. The van der Waals surface area contributed by atoms with E-state index in [0.29, 0.717) is 0 Å². The summed E-state index contributed by atoms with van der Waals surface area (Å²) >= 11 is 0. The van der Waals surface area contributed by atoms with E-state index in [4.69, 9.17) is 0 Å². The van der Waals surface area contributed by atoms with Crippen molar-refractivity contribution >= 4 is 0 Å². The van der Waals surface area contributed by atoms with E-state index in [9.17, 15) is 0 Å². The van der Waals surface area contributed by atoms with Crippen molar-refractivity contribution in [1.29, 1.82) is 0 Å². The Labute approximate surface area is 89.1 Å². The third-order valence-electron chi connectivity index (χ3n) is 3.24. The van der Waals surface area contributed by atoms with E-state index < -0.39 is 0 Å². The molecule has 1 atom stereocenters. The molecule has 0 amide bonds. The molecule has 0 aliphatic carbocycles. The van der Waals surface area contributed by atoms with Crippen molar-refractivity contribution in [1.82, 2.24) is 10.2 Å². The molecule has 0 spiro atoms. The largest absolute Gasteiger partial charge is 0.315 e. The molecule has 1 aliphatic heterocycles. The lowest BCUT2D eigenvalue weighted by Gasteiger charge is -2.26. The number of rotatable bonds is 5. The van der Waals surface area contributed by atoms with Crippen LogP contribution in [0.4, 0.5) is 0 Å². The number of nitrogens with one attached hydrogen (secondary N) is 1. The van der Waals surface area contributed by atoms with Crippen LogP contribution < -0.4 is 5.32 Å². The zero-order valence-corrected chi connectivity index (χ0v) is 9.89. The van der Waals surface area contributed by atoms with E-state index >= 15 is 0 Å². The van der Waals surface area contributed by atoms with Crippen LogP contribution >= 0.6 is 0 Å². The molecule has 2 nitrogen and oxygen atoms in total. The molecule has 0 radical (unpaired) electrons. The monoisotopic (exact) mass is 198 g/mol. The summed E-state index contributed by atoms with van der Waals surface area (Å²) in [5.41, 5.74) is 0. The van der Waals surface area contributed by atoms with Crippen molar-refractivity contribution < 1.29 is 0 Å². The van der Waals surface area contributed by atoms with Gasteiger partial charge in [0.15, 0.2) is 0 Å². The van der Waals surface area contributed by atoms with E-state index in [2.05, 4.69) is 24.1 Å². The maximum atomic E-state index is 3.47. The highest BCUT2D eigenvalue weighted by Crippen LogP contribution is 2.08. The second kappa shape index (κ2) is 7.24. The van der Waals surface area contributed by atoms with Crippen molar-refractivity contribution in [2.45, 2.75) is 52.0 Å². The Bertz CT molecular complexity index is 136. The molecule has 1 saturated heterocycles. The first-order chi connectivity index (χ1) is 6.84. The summed E-state index contributed by atoms with van der Waals surface area (Å²) in [5.74, 6) is 0. The van der Waals surface area contributed by atoms with Crippen LogP contribution in [-0.2, 0) is 0 Å². The molecule has 0 aromatic carbocycles. The molecule has 14 heavy (non-hydrogen) atoms. The molecule has 1 aliphatic rings. The molecular formula is C12H26N2. The van der Waals surface area contributed by atoms with Gasteiger partial charge in [0, 0.05) is 19.1 Å². The first-order valence-corrected chi connectivity index (χ1v) is 6.29. The first kappa shape index (κ1) is 12.0. The highest BCUT2D eigenvalue weighted by molar-refractivity contribution is 4.73. The topological polar surface area (TPSA) is 15.3 Å². The quantitative estimate of drug-likeness (QED) is 0.682. The Kier molecular flexibility index (Phi) is 6.20. The Hall–Kier alpha value is -0.0800. The number of nitrogens with zero attached hydrogens (tertiary/aromatic N) is 1. The zero-order valence-electron chi connectivity index (χ0n) is 9.89. The van der Waals surface area contributed by atoms with Crippen molar-refractivity contribution in [2.24, 2.45) is 0 Å². The van der Waals surface area contributed by atoms with Gasteiger partial charge in [-0.2, -0.15) is 0 Å². The van der Waals surface area contributed by atoms with Crippen molar-refractivity contribution in [3.63, 3.8) is 0 Å². The van der Waals surface area contributed by atoms with Gasteiger partial charge in [-0.15, -0.1) is 0 Å². The van der Waals surface area contributed by atoms with E-state index in [1.165, 1.54) is 58.3 Å². The van der Waals surface area contributed by atoms with Crippen LogP contribution in [0.25, 0.3) is 0 Å². The average molecular weight is 198 g/mol. The minimum atomic E-state index is 0.784. The van der Waals surface area contributed by atoms with Crippen LogP contribution in [0, 0.1) is 0 Å². The molecule has 1 rings (SSSR count). The average Bonchev–Trinajstić information content (AvgIpc) is 2.39. The Morgan fingerprint density at radius 2 is 2.07 bits per heavy atom. The third kappa shape index (κ3) is 4.43. The maximum absolute atomic E-state index is 3.47. The first-order valence-electron chi connectivity index (χ1n) is 6.29. The van der Waals surface area contributed by atoms with Crippen LogP contribution in [0.5, 0.6) is 0 Å². The van der Waals surface area contributed by atoms with Crippen LogP contribution in [0.15, 0.2) is 0 Å². The van der Waals surface area contributed by atoms with Crippen LogP contribution in [0.2, 0.25) is 0 Å². The van der Waals surface area contributed by atoms with Gasteiger partial charge in [-0.25, -0.2) is 0 Å². The Morgan fingerprint density at radius 3 is 2.86 bits per heavy atom. The number of unbranched alkanes of at least 4 members (excludes halogenated alkanes) is 3. The Balaban J connectivity index is 2.13. The van der Waals surface area contributed by atoms with Gasteiger partial charge in [-0.3, -0.25) is 4.90 Å². The minimum absolute atomic E-state index is 0.784. The predicted octanol–water partition coefficient (Wildman–Crippen LogP) is 2.25. The van der Waals surface area contributed by atoms with Gasteiger partial charge in [0.1, 0.15) is 0 Å². The molecule has 1 heterocycles. The summed E-state index contributed by atoms with van der Waals surface area (Å²) in [6.45, 7) is 9.58. The highest BCUT2D eigenvalue weighted by Gasteiger charge is 2.15. The molecule has 0 saturated carbocycles. The SMILES string of the molecule is CCCCCCN1CCNCCC1C. The summed E-state index contributed by atoms with van der Waals surface area (Å²) in [6.07, 6.45) is 6.86. The lowest BCUT2D eigenvalue weighted by Crippen LogP contribution is -2.35. The lowest BCUT2D eigenvalue weighted by molar-refractivity contribution is 0.215. The van der Waals surface area contributed by atoms with Crippen LogP contribution in [0.1, 0.15) is 46.0 Å². The fourth-order valence-corrected chi connectivity index (χ4v) is 2.14. The molecule has 2 heteroatoms. The maximum Gasteiger partial charge on any atom is 0.0110 e. The van der Waals surface area contributed by atoms with E-state index in [1.54, 1.807) is 0 Å². The molecule has 0 bridgehead atoms. The second-order valence-corrected chi connectivity index (χ2v) is 4.48. The number of hydrogen-bond acceptors (Lipinski definition) is 2. The van der Waals surface area contributed by atoms with Crippen molar-refractivity contribution in [3.8, 4) is 0 Å². The van der Waals surface area contributed by atoms with Gasteiger partial charge in [-0.05, 0) is 32.9 Å². The van der Waals surface area contributed by atoms with E-state index in [0.717, 1.165) is 6.04 Å². The van der Waals surface area contributed by atoms with Crippen LogP contribution in [-0.4, -0.2) is 37.1 Å². The van der Waals surface area contributed by atoms with Crippen molar-refractivity contribution in [2.75, 3.05) is 26.2 Å². The molecule has 84 valence electrons. The second-order valence-electron chi connectivity index (χ2n) is 4.48. The Morgan fingerprint density at radius 1 is 1.21 bits per heavy atom. The predicted molar refractivity (Wildman–Crippen MR) is 62.7 cm³/mol. The molecular weight excluding hydrogens is 172 g/mol. The zero-order chi connectivity index (χ0) is 10.2. The van der Waals surface area contributed by atoms with Gasteiger partial charge >= 0.3 is 0 Å². The molecule has 1 N–H and O–H groups in total. The van der Waals surface area contributed by atoms with Gasteiger partial charge in [0.05, 0.1) is 0 Å². The number of hydrogen-bond donors (Lipinski definition) is 1. The normalized spacial score (nSPS) is 24.9. The minimum Gasteiger partial charge on any atom is -0.315 e. The van der Waals surface area contributed by atoms with E-state index in [1.807, 2.05) is 0 Å². The summed E-state index contributed by atoms with van der Waals surface area (Å²) in [7, 11) is 0.